The van der Waals surface area contributed by atoms with Gasteiger partial charge in [0, 0.05) is 45.0 Å². The molecule has 37 heavy (non-hydrogen) atoms. The maximum atomic E-state index is 14.1. The Balaban J connectivity index is 1.57. The van der Waals surface area contributed by atoms with Gasteiger partial charge in [-0.05, 0) is 79.6 Å². The Labute approximate surface area is 225 Å². The third kappa shape index (κ3) is 7.24. The number of hydrogen-bond acceptors (Lipinski definition) is 6. The zero-order chi connectivity index (χ0) is 26.3. The van der Waals surface area contributed by atoms with Crippen LogP contribution in [-0.4, -0.2) is 69.1 Å². The minimum atomic E-state index is -1.24. The molecule has 1 saturated heterocycles. The van der Waals surface area contributed by atoms with Crippen molar-refractivity contribution in [1.29, 1.82) is 0 Å². The Bertz CT molecular complexity index is 1000. The molecule has 0 bridgehead atoms. The highest BCUT2D eigenvalue weighted by atomic mass is 35.5. The highest BCUT2D eigenvalue weighted by Gasteiger charge is 2.48. The van der Waals surface area contributed by atoms with Gasteiger partial charge in [-0.25, -0.2) is 0 Å². The Morgan fingerprint density at radius 1 is 1.08 bits per heavy atom. The maximum absolute atomic E-state index is 14.1. The SMILES string of the molecule is COCCCc1cc(CN(C(=O)C2CNCCC2(O)c2ccc(Cl)cc2)C2CC2)cc(OCCOC)c1. The van der Waals surface area contributed by atoms with Gasteiger partial charge in [-0.15, -0.1) is 0 Å². The number of methoxy groups -OCH3 is 2. The molecule has 2 aromatic carbocycles. The molecule has 2 aliphatic rings. The second kappa shape index (κ2) is 13.1. The summed E-state index contributed by atoms with van der Waals surface area (Å²) in [6.07, 6.45) is 4.20. The van der Waals surface area contributed by atoms with E-state index in [1.165, 1.54) is 0 Å². The molecule has 2 fully saturated rings. The molecule has 2 atom stereocenters. The van der Waals surface area contributed by atoms with Gasteiger partial charge in [0.25, 0.3) is 0 Å². The van der Waals surface area contributed by atoms with Crippen molar-refractivity contribution in [3.05, 3.63) is 64.2 Å². The molecule has 202 valence electrons. The number of aryl methyl sites for hydroxylation is 1. The van der Waals surface area contributed by atoms with Gasteiger partial charge in [0.05, 0.1) is 12.5 Å². The van der Waals surface area contributed by atoms with Gasteiger partial charge in [-0.1, -0.05) is 29.8 Å². The Morgan fingerprint density at radius 3 is 2.51 bits per heavy atom. The summed E-state index contributed by atoms with van der Waals surface area (Å²) in [5.41, 5.74) is 1.68. The number of piperidine rings is 1. The molecule has 1 heterocycles. The van der Waals surface area contributed by atoms with E-state index < -0.39 is 11.5 Å². The summed E-state index contributed by atoms with van der Waals surface area (Å²) in [5, 5.41) is 15.8. The first-order valence-electron chi connectivity index (χ1n) is 13.2. The van der Waals surface area contributed by atoms with Crippen LogP contribution in [-0.2, 0) is 32.8 Å². The number of halogens is 1. The van der Waals surface area contributed by atoms with Crippen LogP contribution in [0.2, 0.25) is 5.02 Å². The fourth-order valence-electron chi connectivity index (χ4n) is 5.13. The summed E-state index contributed by atoms with van der Waals surface area (Å²) in [4.78, 5) is 16.0. The monoisotopic (exact) mass is 530 g/mol. The van der Waals surface area contributed by atoms with Gasteiger partial charge in [0.1, 0.15) is 18.0 Å². The quantitative estimate of drug-likeness (QED) is 0.382. The van der Waals surface area contributed by atoms with Gasteiger partial charge in [0.2, 0.25) is 5.91 Å². The molecular formula is C29H39ClN2O5. The fourth-order valence-corrected chi connectivity index (χ4v) is 5.25. The first-order chi connectivity index (χ1) is 17.9. The number of rotatable bonds is 13. The summed E-state index contributed by atoms with van der Waals surface area (Å²) in [6, 6.07) is 13.6. The van der Waals surface area contributed by atoms with Crippen LogP contribution in [0.3, 0.4) is 0 Å². The van der Waals surface area contributed by atoms with Gasteiger partial charge in [0.15, 0.2) is 0 Å². The highest BCUT2D eigenvalue weighted by molar-refractivity contribution is 6.30. The van der Waals surface area contributed by atoms with Crippen LogP contribution in [0.25, 0.3) is 0 Å². The molecular weight excluding hydrogens is 492 g/mol. The smallest absolute Gasteiger partial charge is 0.230 e. The van der Waals surface area contributed by atoms with Crippen LogP contribution < -0.4 is 10.1 Å². The number of carbonyl (C=O) groups is 1. The van der Waals surface area contributed by atoms with Crippen LogP contribution in [0, 0.1) is 5.92 Å². The second-order valence-corrected chi connectivity index (χ2v) is 10.5. The third-order valence-corrected chi connectivity index (χ3v) is 7.52. The topological polar surface area (TPSA) is 80.3 Å². The molecule has 2 N–H and O–H groups in total. The summed E-state index contributed by atoms with van der Waals surface area (Å²) < 4.78 is 16.3. The number of amides is 1. The molecule has 0 spiro atoms. The minimum Gasteiger partial charge on any atom is -0.491 e. The number of nitrogens with one attached hydrogen (secondary N) is 1. The van der Waals surface area contributed by atoms with E-state index in [9.17, 15) is 9.90 Å². The first-order valence-corrected chi connectivity index (χ1v) is 13.6. The molecule has 1 amide bonds. The van der Waals surface area contributed by atoms with Crippen molar-refractivity contribution in [2.45, 2.75) is 50.3 Å². The largest absolute Gasteiger partial charge is 0.491 e. The van der Waals surface area contributed by atoms with E-state index >= 15 is 0 Å². The Kier molecular flexibility index (Phi) is 9.84. The van der Waals surface area contributed by atoms with E-state index in [1.54, 1.807) is 26.4 Å². The summed E-state index contributed by atoms with van der Waals surface area (Å²) in [7, 11) is 3.36. The molecule has 0 radical (unpaired) electrons. The molecule has 1 aliphatic heterocycles. The van der Waals surface area contributed by atoms with E-state index in [-0.39, 0.29) is 11.9 Å². The van der Waals surface area contributed by atoms with Crippen LogP contribution in [0.5, 0.6) is 5.75 Å². The van der Waals surface area contributed by atoms with Crippen LogP contribution in [0.1, 0.15) is 42.4 Å². The molecule has 2 aromatic rings. The molecule has 1 saturated carbocycles. The number of nitrogens with zero attached hydrogens (tertiary/aromatic N) is 1. The number of aliphatic hydroxyl groups is 1. The van der Waals surface area contributed by atoms with E-state index in [0.717, 1.165) is 48.1 Å². The number of hydrogen-bond donors (Lipinski definition) is 2. The van der Waals surface area contributed by atoms with E-state index in [0.29, 0.717) is 50.9 Å². The van der Waals surface area contributed by atoms with E-state index in [4.69, 9.17) is 25.8 Å². The lowest BCUT2D eigenvalue weighted by Gasteiger charge is -2.42. The molecule has 4 rings (SSSR count). The second-order valence-electron chi connectivity index (χ2n) is 10.1. The number of carbonyl (C=O) groups excluding carboxylic acids is 1. The van der Waals surface area contributed by atoms with Crippen molar-refractivity contribution in [3.8, 4) is 5.75 Å². The minimum absolute atomic E-state index is 0.0150. The van der Waals surface area contributed by atoms with Gasteiger partial charge < -0.3 is 29.5 Å². The summed E-state index contributed by atoms with van der Waals surface area (Å²) >= 11 is 6.10. The Hall–Kier alpha value is -2.16. The third-order valence-electron chi connectivity index (χ3n) is 7.27. The Morgan fingerprint density at radius 2 is 1.81 bits per heavy atom. The zero-order valence-corrected chi connectivity index (χ0v) is 22.6. The van der Waals surface area contributed by atoms with Gasteiger partial charge >= 0.3 is 0 Å². The van der Waals surface area contributed by atoms with E-state index in [2.05, 4.69) is 17.4 Å². The van der Waals surface area contributed by atoms with Crippen molar-refractivity contribution in [2.75, 3.05) is 47.1 Å². The molecule has 2 unspecified atom stereocenters. The van der Waals surface area contributed by atoms with Crippen LogP contribution in [0.15, 0.2) is 42.5 Å². The van der Waals surface area contributed by atoms with Crippen LogP contribution in [0.4, 0.5) is 0 Å². The lowest BCUT2D eigenvalue weighted by molar-refractivity contribution is -0.150. The lowest BCUT2D eigenvalue weighted by Crippen LogP contribution is -2.55. The highest BCUT2D eigenvalue weighted by Crippen LogP contribution is 2.39. The standard InChI is InChI=1S/C29H39ClN2O5/c1-35-13-3-4-21-16-22(18-26(17-21)37-15-14-36-2)20-32(25-9-10-25)28(33)27-19-31-12-11-29(27,34)23-5-7-24(30)8-6-23/h5-8,16-18,25,27,31,34H,3-4,9-15,19-20H2,1-2H3. The molecule has 1 aliphatic carbocycles. The van der Waals surface area contributed by atoms with E-state index in [1.807, 2.05) is 23.1 Å². The van der Waals surface area contributed by atoms with Crippen molar-refractivity contribution in [3.63, 3.8) is 0 Å². The summed E-state index contributed by atoms with van der Waals surface area (Å²) in [6.45, 7) is 3.23. The molecule has 0 aromatic heterocycles. The fraction of sp³-hybridized carbons (Fsp3) is 0.552. The van der Waals surface area contributed by atoms with Gasteiger partial charge in [-0.2, -0.15) is 0 Å². The number of ether oxygens (including phenoxy) is 3. The van der Waals surface area contributed by atoms with Crippen molar-refractivity contribution in [2.24, 2.45) is 5.92 Å². The average Bonchev–Trinajstić information content (AvgIpc) is 3.73. The van der Waals surface area contributed by atoms with Crippen molar-refractivity contribution >= 4 is 17.5 Å². The first kappa shape index (κ1) is 27.9. The normalized spacial score (nSPS) is 21.6. The predicted molar refractivity (Wildman–Crippen MR) is 144 cm³/mol. The van der Waals surface area contributed by atoms with Gasteiger partial charge in [-0.3, -0.25) is 4.79 Å². The van der Waals surface area contributed by atoms with Crippen LogP contribution >= 0.6 is 11.6 Å². The summed E-state index contributed by atoms with van der Waals surface area (Å²) in [5.74, 6) is 0.186. The zero-order valence-electron chi connectivity index (χ0n) is 21.9. The molecule has 8 heteroatoms. The van der Waals surface area contributed by atoms with Crippen molar-refractivity contribution in [1.82, 2.24) is 10.2 Å². The average molecular weight is 531 g/mol. The lowest BCUT2D eigenvalue weighted by atomic mass is 9.75. The maximum Gasteiger partial charge on any atom is 0.230 e. The molecule has 7 nitrogen and oxygen atoms in total. The van der Waals surface area contributed by atoms with Crippen molar-refractivity contribution < 1.29 is 24.1 Å². The predicted octanol–water partition coefficient (Wildman–Crippen LogP) is 3.93. The number of benzene rings is 2.